The van der Waals surface area contributed by atoms with Gasteiger partial charge in [0.1, 0.15) is 6.11 Å². The minimum Gasteiger partial charge on any atom is -0.516 e. The summed E-state index contributed by atoms with van der Waals surface area (Å²) >= 11 is 0. The van der Waals surface area contributed by atoms with Gasteiger partial charge < -0.3 is 20.8 Å². The number of hydrogen-bond acceptors (Lipinski definition) is 5. The van der Waals surface area contributed by atoms with E-state index >= 15 is 0 Å². The zero-order valence-electron chi connectivity index (χ0n) is 42.3. The Hall–Kier alpha value is -1.69. The molecule has 0 atom stereocenters. The van der Waals surface area contributed by atoms with E-state index in [0.29, 0.717) is 0 Å². The van der Waals surface area contributed by atoms with Crippen LogP contribution in [0.3, 0.4) is 0 Å². The Kier molecular flexibility index (Phi) is 90.0. The zero-order valence-corrected chi connectivity index (χ0v) is 42.3. The maximum atomic E-state index is 7.89. The van der Waals surface area contributed by atoms with Crippen LogP contribution in [-0.4, -0.2) is 41.8 Å². The Bertz CT molecular complexity index is 717. The fourth-order valence-corrected chi connectivity index (χ4v) is 7.45. The summed E-state index contributed by atoms with van der Waals surface area (Å²) in [4.78, 5) is 2.79. The number of hydrogen-bond donors (Lipinski definition) is 3. The Morgan fingerprint density at radius 2 is 0.729 bits per heavy atom. The van der Waals surface area contributed by atoms with E-state index in [-0.39, 0.29) is 0 Å². The molecule has 0 saturated carbocycles. The molecule has 0 radical (unpaired) electrons. The molecule has 0 saturated heterocycles. The van der Waals surface area contributed by atoms with E-state index in [2.05, 4.69) is 44.8 Å². The number of unbranched alkanes of at least 4 members (excludes halogenated alkanes) is 27. The topological polar surface area (TPSA) is 93.5 Å². The summed E-state index contributed by atoms with van der Waals surface area (Å²) in [7, 11) is 1.50. The largest absolute Gasteiger partial charge is 0.516 e. The van der Waals surface area contributed by atoms with E-state index in [0.717, 1.165) is 18.6 Å². The molecular formula is C54H113N3O2. The minimum absolute atomic E-state index is 0.913. The molecule has 0 amide bonds. The first-order valence-corrected chi connectivity index (χ1v) is 26.0. The Morgan fingerprint density at radius 3 is 0.932 bits per heavy atom. The molecule has 0 fully saturated rings. The van der Waals surface area contributed by atoms with Gasteiger partial charge in [-0.2, -0.15) is 5.26 Å². The summed E-state index contributed by atoms with van der Waals surface area (Å²) in [6.45, 7) is 20.8. The van der Waals surface area contributed by atoms with E-state index in [4.69, 9.17) is 15.5 Å². The van der Waals surface area contributed by atoms with Gasteiger partial charge >= 0.3 is 0 Å². The molecule has 0 aromatic carbocycles. The molecular weight excluding hydrogens is 723 g/mol. The third-order valence-electron chi connectivity index (χ3n) is 10.7. The summed E-state index contributed by atoms with van der Waals surface area (Å²) in [5.74, 6) is 1.03. The molecule has 0 aliphatic rings. The molecule has 0 heterocycles. The van der Waals surface area contributed by atoms with Gasteiger partial charge in [0.2, 0.25) is 0 Å². The molecule has 5 nitrogen and oxygen atoms in total. The van der Waals surface area contributed by atoms with Crippen LogP contribution in [0.5, 0.6) is 0 Å². The number of terminal acetylenes is 1. The summed E-state index contributed by atoms with van der Waals surface area (Å²) in [6.07, 6.45) is 60.2. The van der Waals surface area contributed by atoms with Crippen LogP contribution in [0, 0.1) is 29.8 Å². The molecule has 0 aromatic heterocycles. The summed E-state index contributed by atoms with van der Waals surface area (Å²) < 4.78 is 0. The van der Waals surface area contributed by atoms with E-state index in [1.54, 1.807) is 12.1 Å². The van der Waals surface area contributed by atoms with Crippen molar-refractivity contribution in [1.29, 1.82) is 5.26 Å². The predicted molar refractivity (Wildman–Crippen MR) is 270 cm³/mol. The van der Waals surface area contributed by atoms with Gasteiger partial charge in [-0.25, -0.2) is 0 Å². The fourth-order valence-electron chi connectivity index (χ4n) is 7.45. The van der Waals surface area contributed by atoms with Crippen molar-refractivity contribution < 1.29 is 10.2 Å². The molecule has 0 unspecified atom stereocenters. The fraction of sp³-hybridized carbons (Fsp3) is 0.907. The van der Waals surface area contributed by atoms with E-state index in [1.807, 2.05) is 20.8 Å². The third-order valence-corrected chi connectivity index (χ3v) is 10.7. The van der Waals surface area contributed by atoms with E-state index in [1.165, 1.54) is 264 Å². The molecule has 0 aliphatic heterocycles. The number of nitrogens with zero attached hydrogens (tertiary/aromatic N) is 2. The van der Waals surface area contributed by atoms with Gasteiger partial charge in [-0.1, -0.05) is 266 Å². The molecule has 0 bridgehead atoms. The highest BCUT2D eigenvalue weighted by Crippen LogP contribution is 2.25. The second kappa shape index (κ2) is 77.0. The minimum atomic E-state index is 0.913. The standard InChI is InChI=1S/C43H89N.C4H8O.C2H3N.C2H2O.C2H6.CH5N/c1-5-9-12-15-18-19-20-21-22-23-24-25-30-35-41-44(40-8-4)42-36-31-26-29-34-39-43(37-32-27-16-13-10-6-2)38-33-28-17-14-11-7-3;1-2-3-4-5;2*1-2-3;2*1-2/h43H,5-42H2,1-4H3;3-5H,2H2,1H3;1H3;1,3H;1-2H3;2H2,1H3. The lowest BCUT2D eigenvalue weighted by Gasteiger charge is -2.21. The normalized spacial score (nSPS) is 10.1. The van der Waals surface area contributed by atoms with Gasteiger partial charge in [0.25, 0.3) is 0 Å². The van der Waals surface area contributed by atoms with Crippen LogP contribution in [-0.2, 0) is 0 Å². The first kappa shape index (κ1) is 69.0. The lowest BCUT2D eigenvalue weighted by Crippen LogP contribution is -2.27. The van der Waals surface area contributed by atoms with Gasteiger partial charge in [-0.05, 0) is 58.3 Å². The van der Waals surface area contributed by atoms with E-state index < -0.39 is 0 Å². The molecule has 0 rings (SSSR count). The maximum absolute atomic E-state index is 7.89. The molecule has 0 aromatic rings. The third kappa shape index (κ3) is 80.9. The summed E-state index contributed by atoms with van der Waals surface area (Å²) in [5.41, 5.74) is 4.50. The molecule has 4 N–H and O–H groups in total. The van der Waals surface area contributed by atoms with Crippen LogP contribution in [0.1, 0.15) is 287 Å². The lowest BCUT2D eigenvalue weighted by atomic mass is 9.89. The summed E-state index contributed by atoms with van der Waals surface area (Å²) in [6, 6.07) is 1.75. The van der Waals surface area contributed by atoms with Crippen LogP contribution in [0.25, 0.3) is 0 Å². The van der Waals surface area contributed by atoms with Gasteiger partial charge in [0.05, 0.1) is 12.3 Å². The average Bonchev–Trinajstić information content (AvgIpc) is 3.25. The number of nitriles is 1. The van der Waals surface area contributed by atoms with Crippen LogP contribution >= 0.6 is 0 Å². The first-order chi connectivity index (χ1) is 29.0. The Balaban J connectivity index is -0.000000404. The van der Waals surface area contributed by atoms with Crippen LogP contribution < -0.4 is 5.73 Å². The predicted octanol–water partition coefficient (Wildman–Crippen LogP) is 18.2. The van der Waals surface area contributed by atoms with Gasteiger partial charge in [-0.15, -0.1) is 0 Å². The van der Waals surface area contributed by atoms with Gasteiger partial charge in [0.15, 0.2) is 0 Å². The van der Waals surface area contributed by atoms with Crippen molar-refractivity contribution in [2.45, 2.75) is 287 Å². The molecule has 0 spiro atoms. The van der Waals surface area contributed by atoms with Crippen molar-refractivity contribution in [2.24, 2.45) is 11.7 Å². The van der Waals surface area contributed by atoms with E-state index in [9.17, 15) is 0 Å². The van der Waals surface area contributed by atoms with Gasteiger partial charge in [0, 0.05) is 6.92 Å². The highest BCUT2D eigenvalue weighted by Gasteiger charge is 2.09. The average molecular weight is 837 g/mol. The lowest BCUT2D eigenvalue weighted by molar-refractivity contribution is 0.260. The van der Waals surface area contributed by atoms with Gasteiger partial charge in [-0.3, -0.25) is 0 Å². The number of aliphatic hydroxyl groups excluding tert-OH is 2. The second-order valence-electron chi connectivity index (χ2n) is 16.1. The van der Waals surface area contributed by atoms with Crippen LogP contribution in [0.4, 0.5) is 0 Å². The Labute approximate surface area is 375 Å². The van der Waals surface area contributed by atoms with Crippen molar-refractivity contribution in [2.75, 3.05) is 26.7 Å². The molecule has 356 valence electrons. The highest BCUT2D eigenvalue weighted by molar-refractivity contribution is 4.67. The van der Waals surface area contributed by atoms with Crippen molar-refractivity contribution in [3.05, 3.63) is 12.3 Å². The summed E-state index contributed by atoms with van der Waals surface area (Å²) in [5, 5.41) is 22.3. The number of rotatable bonds is 40. The SMILES string of the molecule is C#CO.CC.CC#N.CCC=CO.CCCCCCCCCCCCCCCCN(CCC)CCCCCCCC(CCCCCCCC)CCCCCCCC.CN. The molecule has 0 aliphatic carbocycles. The number of nitrogens with two attached hydrogens (primary N) is 1. The number of aliphatic hydroxyl groups is 2. The second-order valence-corrected chi connectivity index (χ2v) is 16.1. The zero-order chi connectivity index (χ0) is 45.6. The smallest absolute Gasteiger partial charge is 0.103 e. The van der Waals surface area contributed by atoms with Crippen molar-refractivity contribution in [3.63, 3.8) is 0 Å². The quantitative estimate of drug-likeness (QED) is 0.0325. The molecule has 59 heavy (non-hydrogen) atoms. The van der Waals surface area contributed by atoms with Crippen molar-refractivity contribution >= 4 is 0 Å². The highest BCUT2D eigenvalue weighted by atomic mass is 16.2. The van der Waals surface area contributed by atoms with Crippen LogP contribution in [0.15, 0.2) is 12.3 Å². The monoisotopic (exact) mass is 836 g/mol. The maximum Gasteiger partial charge on any atom is 0.103 e. The van der Waals surface area contributed by atoms with Crippen molar-refractivity contribution in [1.82, 2.24) is 4.90 Å². The van der Waals surface area contributed by atoms with Crippen LogP contribution in [0.2, 0.25) is 0 Å². The number of allylic oxidation sites excluding steroid dienone is 1. The first-order valence-electron chi connectivity index (χ1n) is 26.0. The molecule has 5 heteroatoms. The Morgan fingerprint density at radius 1 is 0.492 bits per heavy atom. The van der Waals surface area contributed by atoms with Crippen molar-refractivity contribution in [3.8, 4) is 18.6 Å².